The van der Waals surface area contributed by atoms with Gasteiger partial charge in [-0.25, -0.2) is 0 Å². The van der Waals surface area contributed by atoms with E-state index < -0.39 is 23.8 Å². The molecule has 0 aliphatic carbocycles. The van der Waals surface area contributed by atoms with Crippen LogP contribution in [0.4, 0.5) is 0 Å². The number of carboxylic acids is 2. The van der Waals surface area contributed by atoms with Gasteiger partial charge in [-0.1, -0.05) is 13.8 Å². The van der Waals surface area contributed by atoms with Gasteiger partial charge in [-0.2, -0.15) is 0 Å². The molecule has 0 saturated carbocycles. The van der Waals surface area contributed by atoms with Crippen LogP contribution in [0.15, 0.2) is 0 Å². The minimum Gasteiger partial charge on any atom is -0.481 e. The lowest BCUT2D eigenvalue weighted by molar-refractivity contribution is -0.157. The SMILES string of the molecule is CC(C)CC(CN)C(C(=O)O)C(=O)O. The lowest BCUT2D eigenvalue weighted by Gasteiger charge is -2.20. The van der Waals surface area contributed by atoms with Crippen LogP contribution in [0.25, 0.3) is 0 Å². The molecule has 0 aromatic heterocycles. The Balaban J connectivity index is 4.59. The Labute approximate surface area is 82.9 Å². The molecule has 0 rings (SSSR count). The minimum absolute atomic E-state index is 0.0848. The zero-order valence-corrected chi connectivity index (χ0v) is 8.43. The van der Waals surface area contributed by atoms with Gasteiger partial charge in [0.2, 0.25) is 0 Å². The summed E-state index contributed by atoms with van der Waals surface area (Å²) in [6.07, 6.45) is 0.514. The molecule has 5 nitrogen and oxygen atoms in total. The molecule has 1 unspecified atom stereocenters. The molecule has 4 N–H and O–H groups in total. The quantitative estimate of drug-likeness (QED) is 0.542. The molecule has 0 aromatic carbocycles. The highest BCUT2D eigenvalue weighted by Crippen LogP contribution is 2.20. The summed E-state index contributed by atoms with van der Waals surface area (Å²) in [5.41, 5.74) is 5.37. The second-order valence-electron chi connectivity index (χ2n) is 3.78. The van der Waals surface area contributed by atoms with E-state index in [1.165, 1.54) is 0 Å². The lowest BCUT2D eigenvalue weighted by Crippen LogP contribution is -2.36. The zero-order chi connectivity index (χ0) is 11.3. The highest BCUT2D eigenvalue weighted by atomic mass is 16.4. The van der Waals surface area contributed by atoms with E-state index in [2.05, 4.69) is 0 Å². The summed E-state index contributed by atoms with van der Waals surface area (Å²) in [4.78, 5) is 21.4. The Morgan fingerprint density at radius 2 is 1.64 bits per heavy atom. The molecule has 0 aliphatic heterocycles. The van der Waals surface area contributed by atoms with E-state index in [1.54, 1.807) is 0 Å². The third kappa shape index (κ3) is 3.74. The summed E-state index contributed by atoms with van der Waals surface area (Å²) in [5, 5.41) is 17.4. The van der Waals surface area contributed by atoms with Crippen molar-refractivity contribution in [3.8, 4) is 0 Å². The van der Waals surface area contributed by atoms with Crippen molar-refractivity contribution in [2.45, 2.75) is 20.3 Å². The first-order valence-corrected chi connectivity index (χ1v) is 4.55. The van der Waals surface area contributed by atoms with Crippen molar-refractivity contribution >= 4 is 11.9 Å². The Bertz CT molecular complexity index is 201. The standard InChI is InChI=1S/C9H17NO4/c1-5(2)3-6(4-10)7(8(11)12)9(13)14/h5-7H,3-4,10H2,1-2H3,(H,11,12)(H,13,14). The zero-order valence-electron chi connectivity index (χ0n) is 8.43. The highest BCUT2D eigenvalue weighted by molar-refractivity contribution is 5.93. The molecule has 0 amide bonds. The van der Waals surface area contributed by atoms with Gasteiger partial charge in [-0.15, -0.1) is 0 Å². The molecule has 0 saturated heterocycles. The summed E-state index contributed by atoms with van der Waals surface area (Å²) < 4.78 is 0. The Kier molecular flexibility index (Phi) is 5.15. The van der Waals surface area contributed by atoms with E-state index in [4.69, 9.17) is 15.9 Å². The van der Waals surface area contributed by atoms with Crippen LogP contribution in [0.3, 0.4) is 0 Å². The first kappa shape index (κ1) is 12.9. The molecule has 0 spiro atoms. The fraction of sp³-hybridized carbons (Fsp3) is 0.778. The molecule has 5 heteroatoms. The number of rotatable bonds is 6. The molecule has 14 heavy (non-hydrogen) atoms. The summed E-state index contributed by atoms with van der Waals surface area (Å²) in [6.45, 7) is 3.90. The summed E-state index contributed by atoms with van der Waals surface area (Å²) in [7, 11) is 0. The molecule has 0 fully saturated rings. The largest absolute Gasteiger partial charge is 0.481 e. The highest BCUT2D eigenvalue weighted by Gasteiger charge is 2.34. The molecule has 0 aliphatic rings. The molecule has 1 atom stereocenters. The summed E-state index contributed by atoms with van der Waals surface area (Å²) >= 11 is 0. The van der Waals surface area contributed by atoms with Gasteiger partial charge < -0.3 is 15.9 Å². The van der Waals surface area contributed by atoms with Gasteiger partial charge in [0.05, 0.1) is 0 Å². The van der Waals surface area contributed by atoms with Crippen LogP contribution in [0.2, 0.25) is 0 Å². The first-order valence-electron chi connectivity index (χ1n) is 4.55. The molecule has 0 radical (unpaired) electrons. The van der Waals surface area contributed by atoms with Crippen molar-refractivity contribution in [3.05, 3.63) is 0 Å². The van der Waals surface area contributed by atoms with Gasteiger partial charge in [-0.05, 0) is 24.8 Å². The van der Waals surface area contributed by atoms with Crippen LogP contribution in [0.5, 0.6) is 0 Å². The number of hydrogen-bond acceptors (Lipinski definition) is 3. The monoisotopic (exact) mass is 203 g/mol. The van der Waals surface area contributed by atoms with Crippen molar-refractivity contribution in [2.75, 3.05) is 6.54 Å². The Morgan fingerprint density at radius 1 is 1.21 bits per heavy atom. The van der Waals surface area contributed by atoms with E-state index >= 15 is 0 Å². The van der Waals surface area contributed by atoms with Crippen LogP contribution in [-0.4, -0.2) is 28.7 Å². The second kappa shape index (κ2) is 5.59. The normalized spacial score (nSPS) is 13.2. The number of carboxylic acid groups (broad SMARTS) is 2. The third-order valence-corrected chi connectivity index (χ3v) is 2.08. The van der Waals surface area contributed by atoms with Crippen molar-refractivity contribution in [1.29, 1.82) is 0 Å². The minimum atomic E-state index is -1.39. The van der Waals surface area contributed by atoms with Crippen LogP contribution in [0.1, 0.15) is 20.3 Å². The van der Waals surface area contributed by atoms with Crippen LogP contribution >= 0.6 is 0 Å². The van der Waals surface area contributed by atoms with E-state index in [0.29, 0.717) is 6.42 Å². The molecular formula is C9H17NO4. The molecular weight excluding hydrogens is 186 g/mol. The number of nitrogens with two attached hydrogens (primary N) is 1. The number of aliphatic carboxylic acids is 2. The van der Waals surface area contributed by atoms with Gasteiger partial charge in [0.15, 0.2) is 5.92 Å². The van der Waals surface area contributed by atoms with E-state index in [1.807, 2.05) is 13.8 Å². The maximum absolute atomic E-state index is 10.7. The molecule has 0 aromatic rings. The van der Waals surface area contributed by atoms with Crippen molar-refractivity contribution in [1.82, 2.24) is 0 Å². The van der Waals surface area contributed by atoms with E-state index in [0.717, 1.165) is 0 Å². The van der Waals surface area contributed by atoms with E-state index in [9.17, 15) is 9.59 Å². The lowest BCUT2D eigenvalue weighted by atomic mass is 9.85. The van der Waals surface area contributed by atoms with Crippen LogP contribution in [0, 0.1) is 17.8 Å². The average molecular weight is 203 g/mol. The van der Waals surface area contributed by atoms with Gasteiger partial charge in [0.1, 0.15) is 0 Å². The summed E-state index contributed by atoms with van der Waals surface area (Å²) in [6, 6.07) is 0. The topological polar surface area (TPSA) is 101 Å². The van der Waals surface area contributed by atoms with Crippen molar-refractivity contribution in [2.24, 2.45) is 23.5 Å². The average Bonchev–Trinajstić information content (AvgIpc) is 2.00. The number of hydrogen-bond donors (Lipinski definition) is 3. The van der Waals surface area contributed by atoms with E-state index in [-0.39, 0.29) is 12.5 Å². The maximum Gasteiger partial charge on any atom is 0.318 e. The number of carbonyl (C=O) groups is 2. The molecule has 0 heterocycles. The predicted octanol–water partition coefficient (Wildman–Crippen LogP) is 0.393. The molecule has 82 valence electrons. The summed E-state index contributed by atoms with van der Waals surface area (Å²) in [5.74, 6) is -4.26. The maximum atomic E-state index is 10.7. The molecule has 0 bridgehead atoms. The first-order chi connectivity index (χ1) is 6.40. The van der Waals surface area contributed by atoms with Crippen molar-refractivity contribution < 1.29 is 19.8 Å². The van der Waals surface area contributed by atoms with Crippen LogP contribution in [-0.2, 0) is 9.59 Å². The van der Waals surface area contributed by atoms with Gasteiger partial charge in [-0.3, -0.25) is 9.59 Å². The van der Waals surface area contributed by atoms with Crippen molar-refractivity contribution in [3.63, 3.8) is 0 Å². The fourth-order valence-corrected chi connectivity index (χ4v) is 1.48. The fourth-order valence-electron chi connectivity index (χ4n) is 1.48. The Hall–Kier alpha value is -1.10. The van der Waals surface area contributed by atoms with Crippen LogP contribution < -0.4 is 5.73 Å². The predicted molar refractivity (Wildman–Crippen MR) is 50.8 cm³/mol. The smallest absolute Gasteiger partial charge is 0.318 e. The Morgan fingerprint density at radius 3 is 1.86 bits per heavy atom. The van der Waals surface area contributed by atoms with Gasteiger partial charge in [0, 0.05) is 0 Å². The third-order valence-electron chi connectivity index (χ3n) is 2.08. The second-order valence-corrected chi connectivity index (χ2v) is 3.78. The van der Waals surface area contributed by atoms with Gasteiger partial charge >= 0.3 is 11.9 Å². The van der Waals surface area contributed by atoms with Gasteiger partial charge in [0.25, 0.3) is 0 Å².